The largest absolute Gasteiger partial charge is 0.506 e. The number of phenolic OH excluding ortho intramolecular Hbond substituents is 1. The zero-order valence-corrected chi connectivity index (χ0v) is 13.5. The maximum Gasteiger partial charge on any atom is 0.216 e. The quantitative estimate of drug-likeness (QED) is 0.479. The minimum absolute atomic E-state index is 0.0850. The van der Waals surface area contributed by atoms with Crippen molar-refractivity contribution >= 4 is 22.3 Å². The Balaban J connectivity index is 1.93. The number of hydrogen-bond donors (Lipinski definition) is 1. The lowest BCUT2D eigenvalue weighted by molar-refractivity contribution is 0.309. The fourth-order valence-electron chi connectivity index (χ4n) is 2.34. The molecular formula is C19H19N3O2. The molecule has 0 amide bonds. The van der Waals surface area contributed by atoms with Crippen LogP contribution in [0.1, 0.15) is 19.8 Å². The number of hydrogen-bond acceptors (Lipinski definition) is 5. The van der Waals surface area contributed by atoms with Crippen molar-refractivity contribution in [2.75, 3.05) is 6.61 Å². The monoisotopic (exact) mass is 321 g/mol. The highest BCUT2D eigenvalue weighted by atomic mass is 16.5. The zero-order chi connectivity index (χ0) is 16.8. The molecule has 3 aromatic rings. The predicted octanol–water partition coefficient (Wildman–Crippen LogP) is 5.53. The van der Waals surface area contributed by atoms with Crippen molar-refractivity contribution in [3.63, 3.8) is 0 Å². The minimum Gasteiger partial charge on any atom is -0.506 e. The Morgan fingerprint density at radius 1 is 1.04 bits per heavy atom. The van der Waals surface area contributed by atoms with E-state index in [-0.39, 0.29) is 5.75 Å². The summed E-state index contributed by atoms with van der Waals surface area (Å²) in [4.78, 5) is 4.22. The molecule has 5 heteroatoms. The van der Waals surface area contributed by atoms with Gasteiger partial charge in [-0.1, -0.05) is 43.7 Å². The maximum atomic E-state index is 10.1. The fraction of sp³-hybridized carbons (Fsp3) is 0.211. The van der Waals surface area contributed by atoms with Gasteiger partial charge in [-0.3, -0.25) is 0 Å². The molecular weight excluding hydrogens is 302 g/mol. The normalized spacial score (nSPS) is 11.2. The van der Waals surface area contributed by atoms with E-state index in [4.69, 9.17) is 4.74 Å². The van der Waals surface area contributed by atoms with E-state index in [1.807, 2.05) is 36.4 Å². The van der Waals surface area contributed by atoms with Crippen molar-refractivity contribution < 1.29 is 9.84 Å². The van der Waals surface area contributed by atoms with Crippen molar-refractivity contribution in [1.82, 2.24) is 4.98 Å². The fourth-order valence-corrected chi connectivity index (χ4v) is 2.34. The van der Waals surface area contributed by atoms with E-state index in [1.165, 1.54) is 0 Å². The number of aromatic nitrogens is 1. The third-order valence-electron chi connectivity index (χ3n) is 3.63. The van der Waals surface area contributed by atoms with Crippen LogP contribution >= 0.6 is 0 Å². The van der Waals surface area contributed by atoms with E-state index in [9.17, 15) is 5.11 Å². The molecule has 0 aliphatic carbocycles. The summed E-state index contributed by atoms with van der Waals surface area (Å²) in [5.74, 6) is 1.08. The first-order valence-corrected chi connectivity index (χ1v) is 8.00. The van der Waals surface area contributed by atoms with Gasteiger partial charge in [-0.05, 0) is 30.0 Å². The average Bonchev–Trinajstić information content (AvgIpc) is 2.62. The third-order valence-corrected chi connectivity index (χ3v) is 3.63. The van der Waals surface area contributed by atoms with Gasteiger partial charge in [-0.15, -0.1) is 10.2 Å². The second kappa shape index (κ2) is 7.55. The molecule has 5 nitrogen and oxygen atoms in total. The predicted molar refractivity (Wildman–Crippen MR) is 94.4 cm³/mol. The van der Waals surface area contributed by atoms with Crippen LogP contribution in [-0.2, 0) is 0 Å². The second-order valence-electron chi connectivity index (χ2n) is 5.38. The molecule has 0 radical (unpaired) electrons. The summed E-state index contributed by atoms with van der Waals surface area (Å²) in [6.45, 7) is 2.72. The van der Waals surface area contributed by atoms with Crippen LogP contribution in [0.25, 0.3) is 10.8 Å². The molecule has 0 spiro atoms. The Bertz CT molecular complexity index is 862. The molecule has 0 aliphatic rings. The van der Waals surface area contributed by atoms with Crippen LogP contribution in [0.4, 0.5) is 11.5 Å². The molecule has 1 N–H and O–H groups in total. The molecule has 24 heavy (non-hydrogen) atoms. The van der Waals surface area contributed by atoms with Gasteiger partial charge in [0.2, 0.25) is 5.82 Å². The number of phenols is 1. The van der Waals surface area contributed by atoms with Crippen LogP contribution in [0.3, 0.4) is 0 Å². The zero-order valence-electron chi connectivity index (χ0n) is 13.5. The first-order chi connectivity index (χ1) is 11.8. The van der Waals surface area contributed by atoms with E-state index >= 15 is 0 Å². The van der Waals surface area contributed by atoms with E-state index in [0.717, 1.165) is 23.6 Å². The topological polar surface area (TPSA) is 67.1 Å². The molecule has 0 unspecified atom stereocenters. The number of benzene rings is 2. The summed E-state index contributed by atoms with van der Waals surface area (Å²) in [5, 5.41) is 20.4. The minimum atomic E-state index is 0.0850. The van der Waals surface area contributed by atoms with Crippen molar-refractivity contribution in [3.8, 4) is 11.5 Å². The van der Waals surface area contributed by atoms with Gasteiger partial charge < -0.3 is 9.84 Å². The summed E-state index contributed by atoms with van der Waals surface area (Å²) in [7, 11) is 0. The van der Waals surface area contributed by atoms with Crippen molar-refractivity contribution in [2.24, 2.45) is 10.2 Å². The summed E-state index contributed by atoms with van der Waals surface area (Å²) < 4.78 is 5.70. The summed E-state index contributed by atoms with van der Waals surface area (Å²) in [6.07, 6.45) is 3.67. The molecule has 0 saturated carbocycles. The molecule has 3 rings (SSSR count). The Kier molecular flexibility index (Phi) is 5.01. The van der Waals surface area contributed by atoms with E-state index in [2.05, 4.69) is 22.1 Å². The highest BCUT2D eigenvalue weighted by molar-refractivity contribution is 5.95. The number of pyridine rings is 1. The van der Waals surface area contributed by atoms with Crippen LogP contribution < -0.4 is 4.74 Å². The number of fused-ring (bicyclic) bond motifs is 1. The van der Waals surface area contributed by atoms with Gasteiger partial charge in [0.25, 0.3) is 0 Å². The van der Waals surface area contributed by atoms with Crippen LogP contribution in [0, 0.1) is 0 Å². The van der Waals surface area contributed by atoms with Crippen LogP contribution in [0.2, 0.25) is 0 Å². The summed E-state index contributed by atoms with van der Waals surface area (Å²) >= 11 is 0. The number of ether oxygens (including phenoxy) is 1. The SMILES string of the molecule is CCCCOc1cccnc1N=Nc1c(O)ccc2ccccc12. The number of nitrogens with zero attached hydrogens (tertiary/aromatic N) is 3. The van der Waals surface area contributed by atoms with Gasteiger partial charge in [-0.25, -0.2) is 4.98 Å². The van der Waals surface area contributed by atoms with Gasteiger partial charge in [0.15, 0.2) is 5.75 Å². The van der Waals surface area contributed by atoms with Gasteiger partial charge in [0.1, 0.15) is 11.4 Å². The Hall–Kier alpha value is -2.95. The van der Waals surface area contributed by atoms with Gasteiger partial charge in [0.05, 0.1) is 6.61 Å². The average molecular weight is 321 g/mol. The van der Waals surface area contributed by atoms with Gasteiger partial charge in [0, 0.05) is 11.6 Å². The molecule has 0 saturated heterocycles. The van der Waals surface area contributed by atoms with E-state index in [0.29, 0.717) is 23.9 Å². The molecule has 122 valence electrons. The van der Waals surface area contributed by atoms with Gasteiger partial charge in [-0.2, -0.15) is 0 Å². The van der Waals surface area contributed by atoms with Crippen LogP contribution in [0.15, 0.2) is 65.0 Å². The van der Waals surface area contributed by atoms with Crippen molar-refractivity contribution in [2.45, 2.75) is 19.8 Å². The molecule has 0 aliphatic heterocycles. The van der Waals surface area contributed by atoms with Crippen LogP contribution in [0.5, 0.6) is 11.5 Å². The van der Waals surface area contributed by atoms with Gasteiger partial charge >= 0.3 is 0 Å². The molecule has 0 atom stereocenters. The molecule has 0 bridgehead atoms. The van der Waals surface area contributed by atoms with Crippen LogP contribution in [-0.4, -0.2) is 16.7 Å². The third kappa shape index (κ3) is 3.51. The van der Waals surface area contributed by atoms with E-state index < -0.39 is 0 Å². The Morgan fingerprint density at radius 2 is 1.92 bits per heavy atom. The smallest absolute Gasteiger partial charge is 0.216 e. The van der Waals surface area contributed by atoms with Crippen molar-refractivity contribution in [1.29, 1.82) is 0 Å². The highest BCUT2D eigenvalue weighted by Gasteiger charge is 2.08. The molecule has 1 heterocycles. The standard InChI is InChI=1S/C19H19N3O2/c1-2-3-13-24-17-9-6-12-20-19(17)22-21-18-15-8-5-4-7-14(15)10-11-16(18)23/h4-12,23H,2-3,13H2,1H3. The molecule has 0 fully saturated rings. The number of rotatable bonds is 6. The van der Waals surface area contributed by atoms with Crippen molar-refractivity contribution in [3.05, 3.63) is 54.7 Å². The number of azo groups is 1. The molecule has 1 aromatic heterocycles. The maximum absolute atomic E-state index is 10.1. The number of aromatic hydroxyl groups is 1. The second-order valence-corrected chi connectivity index (χ2v) is 5.38. The Labute approximate surface area is 140 Å². The highest BCUT2D eigenvalue weighted by Crippen LogP contribution is 2.36. The first-order valence-electron chi connectivity index (χ1n) is 8.00. The summed E-state index contributed by atoms with van der Waals surface area (Å²) in [5.41, 5.74) is 0.429. The van der Waals surface area contributed by atoms with E-state index in [1.54, 1.807) is 18.3 Å². The Morgan fingerprint density at radius 3 is 2.79 bits per heavy atom. The first kappa shape index (κ1) is 15.9. The lowest BCUT2D eigenvalue weighted by Crippen LogP contribution is -1.96. The lowest BCUT2D eigenvalue weighted by Gasteiger charge is -2.07. The molecule has 2 aromatic carbocycles. The lowest BCUT2D eigenvalue weighted by atomic mass is 10.1. The summed E-state index contributed by atoms with van der Waals surface area (Å²) in [6, 6.07) is 14.8. The number of unbranched alkanes of at least 4 members (excludes halogenated alkanes) is 1.